The predicted molar refractivity (Wildman–Crippen MR) is 89.0 cm³/mol. The van der Waals surface area contributed by atoms with Crippen molar-refractivity contribution in [1.29, 1.82) is 0 Å². The molecular weight excluding hydrogens is 307 g/mol. The van der Waals surface area contributed by atoms with E-state index in [4.69, 9.17) is 4.74 Å². The van der Waals surface area contributed by atoms with Gasteiger partial charge in [-0.25, -0.2) is 4.39 Å². The number of hydrogen-bond acceptors (Lipinski definition) is 3. The van der Waals surface area contributed by atoms with E-state index in [0.29, 0.717) is 25.3 Å². The van der Waals surface area contributed by atoms with Crippen LogP contribution in [0.3, 0.4) is 0 Å². The lowest BCUT2D eigenvalue weighted by atomic mass is 9.93. The largest absolute Gasteiger partial charge is 0.384 e. The molecule has 1 aromatic carbocycles. The molecule has 2 aromatic rings. The summed E-state index contributed by atoms with van der Waals surface area (Å²) in [5.74, 6) is 0.0921. The van der Waals surface area contributed by atoms with E-state index in [0.717, 1.165) is 5.69 Å². The highest BCUT2D eigenvalue weighted by Gasteiger charge is 2.36. The number of rotatable bonds is 5. The summed E-state index contributed by atoms with van der Waals surface area (Å²) in [4.78, 5) is 18.9. The first kappa shape index (κ1) is 16.6. The minimum atomic E-state index is -0.314. The van der Waals surface area contributed by atoms with Gasteiger partial charge >= 0.3 is 0 Å². The van der Waals surface area contributed by atoms with Crippen molar-refractivity contribution in [3.63, 3.8) is 0 Å². The molecule has 126 valence electrons. The van der Waals surface area contributed by atoms with E-state index in [9.17, 15) is 9.18 Å². The number of nitrogens with zero attached hydrogens (tertiary/aromatic N) is 2. The van der Waals surface area contributed by atoms with Crippen LogP contribution in [0.2, 0.25) is 0 Å². The van der Waals surface area contributed by atoms with E-state index >= 15 is 0 Å². The third-order valence-electron chi connectivity index (χ3n) is 4.49. The zero-order valence-electron chi connectivity index (χ0n) is 13.7. The van der Waals surface area contributed by atoms with Gasteiger partial charge in [0.05, 0.1) is 13.0 Å². The second-order valence-electron chi connectivity index (χ2n) is 6.18. The average Bonchev–Trinajstić information content (AvgIpc) is 3.00. The number of pyridine rings is 1. The Bertz CT molecular complexity index is 693. The molecule has 1 saturated heterocycles. The number of halogens is 1. The minimum absolute atomic E-state index is 0.0140. The van der Waals surface area contributed by atoms with E-state index < -0.39 is 0 Å². The molecule has 0 N–H and O–H groups in total. The summed E-state index contributed by atoms with van der Waals surface area (Å²) in [6.45, 7) is 1.85. The second-order valence-corrected chi connectivity index (χ2v) is 6.18. The molecule has 2 atom stereocenters. The smallest absolute Gasteiger partial charge is 0.227 e. The van der Waals surface area contributed by atoms with E-state index in [2.05, 4.69) is 4.98 Å². The van der Waals surface area contributed by atoms with Crippen LogP contribution >= 0.6 is 0 Å². The molecular formula is C19H21FN2O2. The van der Waals surface area contributed by atoms with Crippen molar-refractivity contribution in [2.75, 3.05) is 26.8 Å². The van der Waals surface area contributed by atoms with Crippen LogP contribution < -0.4 is 0 Å². The number of methoxy groups -OCH3 is 1. The van der Waals surface area contributed by atoms with Crippen LogP contribution in [0.25, 0.3) is 0 Å². The van der Waals surface area contributed by atoms with Gasteiger partial charge < -0.3 is 9.64 Å². The molecule has 24 heavy (non-hydrogen) atoms. The van der Waals surface area contributed by atoms with Crippen molar-refractivity contribution in [3.05, 3.63) is 65.7 Å². The van der Waals surface area contributed by atoms with Crippen LogP contribution in [0.15, 0.2) is 48.7 Å². The highest BCUT2D eigenvalue weighted by atomic mass is 19.1. The molecule has 3 rings (SSSR count). The number of likely N-dealkylation sites (tertiary alicyclic amines) is 1. The molecule has 0 bridgehead atoms. The fourth-order valence-electron chi connectivity index (χ4n) is 3.32. The van der Waals surface area contributed by atoms with Crippen LogP contribution in [0.5, 0.6) is 0 Å². The maximum atomic E-state index is 13.3. The molecule has 0 radical (unpaired) electrons. The van der Waals surface area contributed by atoms with Crippen LogP contribution in [0.1, 0.15) is 17.2 Å². The van der Waals surface area contributed by atoms with Crippen molar-refractivity contribution in [2.24, 2.45) is 5.92 Å². The van der Waals surface area contributed by atoms with Gasteiger partial charge in [-0.3, -0.25) is 9.78 Å². The lowest BCUT2D eigenvalue weighted by Gasteiger charge is -2.16. The lowest BCUT2D eigenvalue weighted by molar-refractivity contribution is -0.129. The first-order valence-corrected chi connectivity index (χ1v) is 8.09. The average molecular weight is 328 g/mol. The Kier molecular flexibility index (Phi) is 5.20. The molecule has 4 nitrogen and oxygen atoms in total. The number of benzene rings is 1. The van der Waals surface area contributed by atoms with Gasteiger partial charge in [-0.1, -0.05) is 18.2 Å². The van der Waals surface area contributed by atoms with Crippen LogP contribution in [-0.4, -0.2) is 42.6 Å². The van der Waals surface area contributed by atoms with Gasteiger partial charge in [0.2, 0.25) is 5.91 Å². The minimum Gasteiger partial charge on any atom is -0.384 e. The number of carbonyl (C=O) groups excluding carboxylic acids is 1. The fraction of sp³-hybridized carbons (Fsp3) is 0.368. The van der Waals surface area contributed by atoms with Crippen molar-refractivity contribution >= 4 is 5.91 Å². The topological polar surface area (TPSA) is 42.4 Å². The number of carbonyl (C=O) groups is 1. The highest BCUT2D eigenvalue weighted by Crippen LogP contribution is 2.32. The first-order chi connectivity index (χ1) is 11.7. The van der Waals surface area contributed by atoms with E-state index in [1.165, 1.54) is 12.1 Å². The summed E-state index contributed by atoms with van der Waals surface area (Å²) in [7, 11) is 1.67. The molecule has 1 aromatic heterocycles. The Morgan fingerprint density at radius 3 is 2.88 bits per heavy atom. The lowest BCUT2D eigenvalue weighted by Crippen LogP contribution is -2.30. The monoisotopic (exact) mass is 328 g/mol. The molecule has 2 unspecified atom stereocenters. The van der Waals surface area contributed by atoms with Crippen molar-refractivity contribution < 1.29 is 13.9 Å². The van der Waals surface area contributed by atoms with Gasteiger partial charge in [-0.2, -0.15) is 0 Å². The predicted octanol–water partition coefficient (Wildman–Crippen LogP) is 2.65. The summed E-state index contributed by atoms with van der Waals surface area (Å²) in [6.07, 6.45) is 1.99. The molecule has 0 saturated carbocycles. The van der Waals surface area contributed by atoms with E-state index in [1.807, 2.05) is 23.1 Å². The SMILES string of the molecule is COCC1CN(C(=O)Cc2cccc(F)c2)CC1c1ccccn1. The Labute approximate surface area is 141 Å². The molecule has 1 aliphatic rings. The Hall–Kier alpha value is -2.27. The van der Waals surface area contributed by atoms with Gasteiger partial charge in [0, 0.05) is 43.9 Å². The first-order valence-electron chi connectivity index (χ1n) is 8.09. The van der Waals surface area contributed by atoms with Gasteiger partial charge in [-0.15, -0.1) is 0 Å². The summed E-state index contributed by atoms with van der Waals surface area (Å²) in [6, 6.07) is 12.0. The summed E-state index contributed by atoms with van der Waals surface area (Å²) in [5.41, 5.74) is 1.69. The molecule has 2 heterocycles. The second kappa shape index (κ2) is 7.53. The molecule has 0 spiro atoms. The van der Waals surface area contributed by atoms with Crippen molar-refractivity contribution in [2.45, 2.75) is 12.3 Å². The van der Waals surface area contributed by atoms with Crippen LogP contribution in [0.4, 0.5) is 4.39 Å². The standard InChI is InChI=1S/C19H21FN2O2/c1-24-13-15-11-22(12-17(15)18-7-2-3-8-21-18)19(23)10-14-5-4-6-16(20)9-14/h2-9,15,17H,10-13H2,1H3. The quantitative estimate of drug-likeness (QED) is 0.847. The fourth-order valence-corrected chi connectivity index (χ4v) is 3.32. The molecule has 1 fully saturated rings. The summed E-state index contributed by atoms with van der Waals surface area (Å²) < 4.78 is 18.6. The molecule has 1 aliphatic heterocycles. The van der Waals surface area contributed by atoms with Gasteiger partial charge in [0.25, 0.3) is 0 Å². The Morgan fingerprint density at radius 1 is 1.29 bits per heavy atom. The van der Waals surface area contributed by atoms with Gasteiger partial charge in [0.1, 0.15) is 5.82 Å². The summed E-state index contributed by atoms with van der Waals surface area (Å²) in [5, 5.41) is 0. The number of hydrogen-bond donors (Lipinski definition) is 0. The van der Waals surface area contributed by atoms with Crippen molar-refractivity contribution in [1.82, 2.24) is 9.88 Å². The third-order valence-corrected chi connectivity index (χ3v) is 4.49. The number of ether oxygens (including phenoxy) is 1. The highest BCUT2D eigenvalue weighted by molar-refractivity contribution is 5.79. The molecule has 1 amide bonds. The Morgan fingerprint density at radius 2 is 2.17 bits per heavy atom. The van der Waals surface area contributed by atoms with E-state index in [-0.39, 0.29) is 30.0 Å². The van der Waals surface area contributed by atoms with Crippen LogP contribution in [0, 0.1) is 11.7 Å². The maximum absolute atomic E-state index is 13.3. The van der Waals surface area contributed by atoms with E-state index in [1.54, 1.807) is 25.4 Å². The normalized spacial score (nSPS) is 20.3. The molecule has 0 aliphatic carbocycles. The number of amides is 1. The van der Waals surface area contributed by atoms with Gasteiger partial charge in [-0.05, 0) is 29.8 Å². The summed E-state index contributed by atoms with van der Waals surface area (Å²) >= 11 is 0. The molecule has 5 heteroatoms. The maximum Gasteiger partial charge on any atom is 0.227 e. The van der Waals surface area contributed by atoms with Crippen LogP contribution in [-0.2, 0) is 16.0 Å². The zero-order valence-corrected chi connectivity index (χ0v) is 13.7. The Balaban J connectivity index is 1.71. The van der Waals surface area contributed by atoms with Gasteiger partial charge in [0.15, 0.2) is 0 Å². The van der Waals surface area contributed by atoms with Crippen molar-refractivity contribution in [3.8, 4) is 0 Å². The zero-order chi connectivity index (χ0) is 16.9. The third kappa shape index (κ3) is 3.79. The number of aromatic nitrogens is 1.